The van der Waals surface area contributed by atoms with Crippen molar-refractivity contribution < 1.29 is 19.0 Å². The van der Waals surface area contributed by atoms with E-state index in [1.165, 1.54) is 11.3 Å². The van der Waals surface area contributed by atoms with Gasteiger partial charge in [0.25, 0.3) is 5.56 Å². The van der Waals surface area contributed by atoms with Crippen molar-refractivity contribution in [1.82, 2.24) is 4.57 Å². The summed E-state index contributed by atoms with van der Waals surface area (Å²) in [5, 5.41) is 1.96. The quantitative estimate of drug-likeness (QED) is 0.353. The van der Waals surface area contributed by atoms with Crippen LogP contribution in [0.1, 0.15) is 30.3 Å². The van der Waals surface area contributed by atoms with Crippen molar-refractivity contribution in [3.63, 3.8) is 0 Å². The SMILES string of the molecule is C=CCOc1ccc(C2C(C(=O)OCC)=C(C)N=c3s/c(=C\c4cccs4)c(=O)n32)cc1OC. The van der Waals surface area contributed by atoms with E-state index < -0.39 is 12.0 Å². The van der Waals surface area contributed by atoms with Crippen molar-refractivity contribution in [3.8, 4) is 11.5 Å². The van der Waals surface area contributed by atoms with Gasteiger partial charge in [-0.1, -0.05) is 36.1 Å². The predicted octanol–water partition coefficient (Wildman–Crippen LogP) is 3.43. The zero-order valence-corrected chi connectivity index (χ0v) is 20.7. The summed E-state index contributed by atoms with van der Waals surface area (Å²) in [5.41, 5.74) is 1.29. The fraction of sp³-hybridized carbons (Fsp3) is 0.240. The molecule has 1 unspecified atom stereocenters. The Hall–Kier alpha value is -3.43. The second-order valence-electron chi connectivity index (χ2n) is 7.33. The van der Waals surface area contributed by atoms with Crippen LogP contribution in [0, 0.1) is 0 Å². The number of hydrogen-bond acceptors (Lipinski definition) is 8. The van der Waals surface area contributed by atoms with Gasteiger partial charge in [0.05, 0.1) is 35.6 Å². The molecule has 0 fully saturated rings. The minimum Gasteiger partial charge on any atom is -0.493 e. The summed E-state index contributed by atoms with van der Waals surface area (Å²) < 4.78 is 18.7. The number of aromatic nitrogens is 1. The molecule has 0 bridgehead atoms. The van der Waals surface area contributed by atoms with E-state index in [9.17, 15) is 9.59 Å². The summed E-state index contributed by atoms with van der Waals surface area (Å²) in [6.45, 7) is 7.70. The molecule has 0 spiro atoms. The summed E-state index contributed by atoms with van der Waals surface area (Å²) in [4.78, 5) is 32.7. The van der Waals surface area contributed by atoms with E-state index in [1.54, 1.807) is 55.1 Å². The molecule has 0 saturated heterocycles. The smallest absolute Gasteiger partial charge is 0.338 e. The Kier molecular flexibility index (Phi) is 7.14. The van der Waals surface area contributed by atoms with Gasteiger partial charge in [0, 0.05) is 4.88 Å². The van der Waals surface area contributed by atoms with Crippen LogP contribution in [0.4, 0.5) is 0 Å². The average molecular weight is 497 g/mol. The van der Waals surface area contributed by atoms with Crippen molar-refractivity contribution in [1.29, 1.82) is 0 Å². The highest BCUT2D eigenvalue weighted by atomic mass is 32.1. The largest absolute Gasteiger partial charge is 0.493 e. The maximum Gasteiger partial charge on any atom is 0.338 e. The maximum absolute atomic E-state index is 13.6. The van der Waals surface area contributed by atoms with Crippen LogP contribution in [0.3, 0.4) is 0 Å². The second kappa shape index (κ2) is 10.2. The van der Waals surface area contributed by atoms with Crippen molar-refractivity contribution in [2.45, 2.75) is 19.9 Å². The standard InChI is InChI=1S/C25H24N2O5S2/c1-5-11-32-18-10-9-16(13-19(18)30-4)22-21(24(29)31-6-2)15(3)26-25-27(22)23(28)20(34-25)14-17-8-7-12-33-17/h5,7-10,12-14,22H,1,6,11H2,2-4H3/b20-14-. The van der Waals surface area contributed by atoms with Crippen LogP contribution >= 0.6 is 22.7 Å². The zero-order valence-electron chi connectivity index (χ0n) is 19.1. The van der Waals surface area contributed by atoms with Gasteiger partial charge in [0.1, 0.15) is 6.61 Å². The molecule has 0 radical (unpaired) electrons. The summed E-state index contributed by atoms with van der Waals surface area (Å²) >= 11 is 2.84. The van der Waals surface area contributed by atoms with E-state index in [4.69, 9.17) is 14.2 Å². The number of ether oxygens (including phenoxy) is 3. The van der Waals surface area contributed by atoms with Gasteiger partial charge in [0.2, 0.25) is 0 Å². The van der Waals surface area contributed by atoms with Crippen LogP contribution in [-0.2, 0) is 9.53 Å². The van der Waals surface area contributed by atoms with Crippen molar-refractivity contribution in [2.75, 3.05) is 20.3 Å². The van der Waals surface area contributed by atoms with Crippen molar-refractivity contribution in [2.24, 2.45) is 4.99 Å². The molecule has 0 amide bonds. The van der Waals surface area contributed by atoms with Gasteiger partial charge >= 0.3 is 5.97 Å². The van der Waals surface area contributed by atoms with Gasteiger partial charge in [-0.15, -0.1) is 11.3 Å². The lowest BCUT2D eigenvalue weighted by molar-refractivity contribution is -0.139. The van der Waals surface area contributed by atoms with E-state index in [1.807, 2.05) is 29.7 Å². The third-order valence-corrected chi connectivity index (χ3v) is 7.00. The number of methoxy groups -OCH3 is 1. The molecule has 9 heteroatoms. The second-order valence-corrected chi connectivity index (χ2v) is 9.32. The number of thiophene rings is 1. The number of benzene rings is 1. The highest BCUT2D eigenvalue weighted by Crippen LogP contribution is 2.36. The molecule has 1 aliphatic rings. The molecule has 1 aliphatic heterocycles. The Bertz CT molecular complexity index is 1430. The Morgan fingerprint density at radius 3 is 2.79 bits per heavy atom. The van der Waals surface area contributed by atoms with Gasteiger partial charge in [-0.2, -0.15) is 0 Å². The number of hydrogen-bond donors (Lipinski definition) is 0. The van der Waals surface area contributed by atoms with Crippen LogP contribution in [0.15, 0.2) is 69.4 Å². The van der Waals surface area contributed by atoms with Gasteiger partial charge in [-0.05, 0) is 49.1 Å². The lowest BCUT2D eigenvalue weighted by atomic mass is 9.95. The van der Waals surface area contributed by atoms with Crippen LogP contribution in [0.2, 0.25) is 0 Å². The molecular formula is C25H24N2O5S2. The molecule has 1 aromatic carbocycles. The predicted molar refractivity (Wildman–Crippen MR) is 133 cm³/mol. The Balaban J connectivity index is 1.93. The number of fused-ring (bicyclic) bond motifs is 1. The zero-order chi connectivity index (χ0) is 24.2. The van der Waals surface area contributed by atoms with Crippen molar-refractivity contribution in [3.05, 3.63) is 89.8 Å². The first-order valence-corrected chi connectivity index (χ1v) is 12.3. The van der Waals surface area contributed by atoms with Crippen LogP contribution < -0.4 is 24.4 Å². The van der Waals surface area contributed by atoms with E-state index in [2.05, 4.69) is 11.6 Å². The summed E-state index contributed by atoms with van der Waals surface area (Å²) in [7, 11) is 1.54. The molecule has 0 aliphatic carbocycles. The number of carbonyl (C=O) groups is 1. The van der Waals surface area contributed by atoms with Gasteiger partial charge in [-0.3, -0.25) is 9.36 Å². The molecule has 2 aromatic heterocycles. The van der Waals surface area contributed by atoms with Gasteiger partial charge in [-0.25, -0.2) is 9.79 Å². The first-order chi connectivity index (χ1) is 16.5. The number of nitrogens with zero attached hydrogens (tertiary/aromatic N) is 2. The topological polar surface area (TPSA) is 79.1 Å². The Morgan fingerprint density at radius 2 is 2.12 bits per heavy atom. The molecule has 1 atom stereocenters. The van der Waals surface area contributed by atoms with Crippen LogP contribution in [0.5, 0.6) is 11.5 Å². The maximum atomic E-state index is 13.6. The van der Waals surface area contributed by atoms with E-state index in [0.717, 1.165) is 4.88 Å². The van der Waals surface area contributed by atoms with Gasteiger partial charge in [0.15, 0.2) is 16.3 Å². The third-order valence-electron chi connectivity index (χ3n) is 5.19. The molecule has 3 heterocycles. The third kappa shape index (κ3) is 4.49. The van der Waals surface area contributed by atoms with Crippen LogP contribution in [0.25, 0.3) is 6.08 Å². The molecule has 176 valence electrons. The number of rotatable bonds is 8. The highest BCUT2D eigenvalue weighted by molar-refractivity contribution is 7.11. The normalized spacial score (nSPS) is 15.5. The number of allylic oxidation sites excluding steroid dienone is 1. The summed E-state index contributed by atoms with van der Waals surface area (Å²) in [5.74, 6) is 0.514. The summed E-state index contributed by atoms with van der Waals surface area (Å²) in [6, 6.07) is 8.52. The molecule has 0 saturated carbocycles. The Labute approximate surface area is 204 Å². The molecular weight excluding hydrogens is 472 g/mol. The minimum atomic E-state index is -0.719. The van der Waals surface area contributed by atoms with Crippen molar-refractivity contribution >= 4 is 34.7 Å². The fourth-order valence-corrected chi connectivity index (χ4v) is 5.50. The lowest BCUT2D eigenvalue weighted by Crippen LogP contribution is -2.39. The first-order valence-electron chi connectivity index (χ1n) is 10.6. The molecule has 0 N–H and O–H groups in total. The number of thiazole rings is 1. The van der Waals surface area contributed by atoms with E-state index in [-0.39, 0.29) is 12.2 Å². The lowest BCUT2D eigenvalue weighted by Gasteiger charge is -2.25. The van der Waals surface area contributed by atoms with Crippen LogP contribution in [-0.4, -0.2) is 30.9 Å². The summed E-state index contributed by atoms with van der Waals surface area (Å²) in [6.07, 6.45) is 3.49. The molecule has 3 aromatic rings. The van der Waals surface area contributed by atoms with E-state index >= 15 is 0 Å². The monoisotopic (exact) mass is 496 g/mol. The Morgan fingerprint density at radius 1 is 1.29 bits per heavy atom. The molecule has 34 heavy (non-hydrogen) atoms. The molecule has 4 rings (SSSR count). The minimum absolute atomic E-state index is 0.211. The number of carbonyl (C=O) groups excluding carboxylic acids is 1. The highest BCUT2D eigenvalue weighted by Gasteiger charge is 2.33. The fourth-order valence-electron chi connectivity index (χ4n) is 3.73. The molecule has 7 nitrogen and oxygen atoms in total. The van der Waals surface area contributed by atoms with Gasteiger partial charge < -0.3 is 14.2 Å². The average Bonchev–Trinajstić information content (AvgIpc) is 3.45. The number of esters is 1. The first kappa shape index (κ1) is 23.7. The van der Waals surface area contributed by atoms with E-state index in [0.29, 0.717) is 44.3 Å².